The van der Waals surface area contributed by atoms with Gasteiger partial charge in [-0.05, 0) is 65.7 Å². The van der Waals surface area contributed by atoms with Crippen molar-refractivity contribution in [2.24, 2.45) is 0 Å². The number of hydrogen-bond acceptors (Lipinski definition) is 8. The van der Waals surface area contributed by atoms with Crippen molar-refractivity contribution >= 4 is 62.2 Å². The zero-order valence-corrected chi connectivity index (χ0v) is 20.7. The van der Waals surface area contributed by atoms with E-state index in [0.717, 1.165) is 4.88 Å². The summed E-state index contributed by atoms with van der Waals surface area (Å²) in [5, 5.41) is 9.05. The average Bonchev–Trinajstić information content (AvgIpc) is 3.55. The van der Waals surface area contributed by atoms with Gasteiger partial charge in [0.25, 0.3) is 21.8 Å². The van der Waals surface area contributed by atoms with E-state index in [-0.39, 0.29) is 16.5 Å². The van der Waals surface area contributed by atoms with E-state index < -0.39 is 21.8 Å². The van der Waals surface area contributed by atoms with Gasteiger partial charge in [-0.25, -0.2) is 23.1 Å². The summed E-state index contributed by atoms with van der Waals surface area (Å²) in [6.45, 7) is 1.67. The van der Waals surface area contributed by atoms with Crippen molar-refractivity contribution < 1.29 is 18.0 Å². The van der Waals surface area contributed by atoms with E-state index in [0.29, 0.717) is 16.1 Å². The number of thiophene rings is 2. The molecule has 35 heavy (non-hydrogen) atoms. The van der Waals surface area contributed by atoms with Gasteiger partial charge in [0.05, 0.1) is 9.77 Å². The van der Waals surface area contributed by atoms with E-state index in [4.69, 9.17) is 0 Å². The number of nitrogens with zero attached hydrogens (tertiary/aromatic N) is 2. The summed E-state index contributed by atoms with van der Waals surface area (Å²) in [7, 11) is -3.93. The Morgan fingerprint density at radius 1 is 0.971 bits per heavy atom. The SMILES string of the molecule is Cc1cc(S(=O)(=O)Nc2ncccn2)ccc1NC(=O)C(=Cc1cccs1)NC(=O)c1cccs1. The van der Waals surface area contributed by atoms with Gasteiger partial charge in [0.2, 0.25) is 5.95 Å². The molecule has 2 amide bonds. The molecule has 3 heterocycles. The number of carbonyl (C=O) groups excluding carboxylic acids is 2. The molecule has 1 aromatic carbocycles. The topological polar surface area (TPSA) is 130 Å². The Kier molecular flexibility index (Phi) is 7.34. The number of sulfonamides is 1. The Labute approximate surface area is 209 Å². The van der Waals surface area contributed by atoms with E-state index in [1.807, 2.05) is 17.5 Å². The van der Waals surface area contributed by atoms with Crippen LogP contribution in [0.2, 0.25) is 0 Å². The number of carbonyl (C=O) groups is 2. The Balaban J connectivity index is 1.54. The van der Waals surface area contributed by atoms with Crippen LogP contribution in [0.15, 0.2) is 82.3 Å². The molecule has 12 heteroatoms. The third kappa shape index (κ3) is 6.18. The smallest absolute Gasteiger partial charge is 0.272 e. The summed E-state index contributed by atoms with van der Waals surface area (Å²) in [4.78, 5) is 34.6. The Morgan fingerprint density at radius 3 is 2.37 bits per heavy atom. The first-order valence-corrected chi connectivity index (χ1v) is 13.4. The highest BCUT2D eigenvalue weighted by molar-refractivity contribution is 7.92. The van der Waals surface area contributed by atoms with Crippen LogP contribution in [0.25, 0.3) is 6.08 Å². The van der Waals surface area contributed by atoms with Crippen LogP contribution in [0.5, 0.6) is 0 Å². The van der Waals surface area contributed by atoms with Gasteiger partial charge in [-0.2, -0.15) is 0 Å². The normalized spacial score (nSPS) is 11.6. The van der Waals surface area contributed by atoms with Crippen LogP contribution < -0.4 is 15.4 Å². The van der Waals surface area contributed by atoms with E-state index >= 15 is 0 Å². The second kappa shape index (κ2) is 10.6. The van der Waals surface area contributed by atoms with Crippen molar-refractivity contribution in [1.29, 1.82) is 0 Å². The van der Waals surface area contributed by atoms with Crippen LogP contribution in [0.4, 0.5) is 11.6 Å². The molecule has 9 nitrogen and oxygen atoms in total. The van der Waals surface area contributed by atoms with Crippen molar-refractivity contribution in [3.05, 3.63) is 92.7 Å². The maximum atomic E-state index is 13.1. The summed E-state index contributed by atoms with van der Waals surface area (Å²) in [5.41, 5.74) is 0.965. The highest BCUT2D eigenvalue weighted by Crippen LogP contribution is 2.22. The van der Waals surface area contributed by atoms with Crippen LogP contribution >= 0.6 is 22.7 Å². The Bertz CT molecular complexity index is 1470. The van der Waals surface area contributed by atoms with Crippen molar-refractivity contribution in [1.82, 2.24) is 15.3 Å². The van der Waals surface area contributed by atoms with Crippen molar-refractivity contribution in [3.63, 3.8) is 0 Å². The molecule has 0 atom stereocenters. The summed E-state index contributed by atoms with van der Waals surface area (Å²) in [6, 6.07) is 12.9. The number of anilines is 2. The summed E-state index contributed by atoms with van der Waals surface area (Å²) >= 11 is 2.68. The fraction of sp³-hybridized carbons (Fsp3) is 0.0435. The molecular formula is C23H19N5O4S3. The lowest BCUT2D eigenvalue weighted by atomic mass is 10.2. The molecule has 0 saturated heterocycles. The monoisotopic (exact) mass is 525 g/mol. The summed E-state index contributed by atoms with van der Waals surface area (Å²) in [6.07, 6.45) is 4.43. The largest absolute Gasteiger partial charge is 0.320 e. The zero-order chi connectivity index (χ0) is 24.8. The third-order valence-electron chi connectivity index (χ3n) is 4.62. The highest BCUT2D eigenvalue weighted by atomic mass is 32.2. The fourth-order valence-electron chi connectivity index (χ4n) is 2.93. The zero-order valence-electron chi connectivity index (χ0n) is 18.3. The molecular weight excluding hydrogens is 506 g/mol. The molecule has 0 radical (unpaired) electrons. The minimum atomic E-state index is -3.93. The number of benzene rings is 1. The molecule has 4 aromatic rings. The number of aromatic nitrogens is 2. The fourth-order valence-corrected chi connectivity index (χ4v) is 5.25. The molecule has 0 saturated carbocycles. The van der Waals surface area contributed by atoms with Gasteiger partial charge in [-0.3, -0.25) is 9.59 Å². The van der Waals surface area contributed by atoms with Gasteiger partial charge in [0.1, 0.15) is 5.70 Å². The number of nitrogens with one attached hydrogen (secondary N) is 3. The van der Waals surface area contributed by atoms with Crippen molar-refractivity contribution in [2.45, 2.75) is 11.8 Å². The lowest BCUT2D eigenvalue weighted by Gasteiger charge is -2.13. The average molecular weight is 526 g/mol. The van der Waals surface area contributed by atoms with Gasteiger partial charge in [0.15, 0.2) is 0 Å². The van der Waals surface area contributed by atoms with Crippen LogP contribution in [-0.4, -0.2) is 30.2 Å². The van der Waals surface area contributed by atoms with Crippen molar-refractivity contribution in [2.75, 3.05) is 10.0 Å². The molecule has 0 aliphatic heterocycles. The third-order valence-corrected chi connectivity index (χ3v) is 7.63. The van der Waals surface area contributed by atoms with E-state index in [1.54, 1.807) is 36.6 Å². The predicted octanol–water partition coefficient (Wildman–Crippen LogP) is 4.12. The number of hydrogen-bond donors (Lipinski definition) is 3. The Hall–Kier alpha value is -3.87. The minimum Gasteiger partial charge on any atom is -0.320 e. The molecule has 178 valence electrons. The molecule has 3 aromatic heterocycles. The predicted molar refractivity (Wildman–Crippen MR) is 137 cm³/mol. The first-order chi connectivity index (χ1) is 16.8. The maximum Gasteiger partial charge on any atom is 0.272 e. The molecule has 0 unspecified atom stereocenters. The number of amides is 2. The lowest BCUT2D eigenvalue weighted by molar-refractivity contribution is -0.113. The Morgan fingerprint density at radius 2 is 1.71 bits per heavy atom. The van der Waals surface area contributed by atoms with Gasteiger partial charge in [0, 0.05) is 23.0 Å². The van der Waals surface area contributed by atoms with E-state index in [9.17, 15) is 18.0 Å². The van der Waals surface area contributed by atoms with Gasteiger partial charge in [-0.1, -0.05) is 12.1 Å². The number of rotatable bonds is 8. The molecule has 0 aliphatic carbocycles. The van der Waals surface area contributed by atoms with E-state index in [1.165, 1.54) is 53.3 Å². The molecule has 0 aliphatic rings. The second-order valence-electron chi connectivity index (χ2n) is 7.11. The molecule has 0 fully saturated rings. The summed E-state index contributed by atoms with van der Waals surface area (Å²) < 4.78 is 27.7. The summed E-state index contributed by atoms with van der Waals surface area (Å²) in [5.74, 6) is -0.990. The standard InChI is InChI=1S/C23H19N5O4S3/c1-15-13-17(35(31,32)28-23-24-9-4-10-25-23)7-8-18(15)26-21(29)19(14-16-5-2-11-33-16)27-22(30)20-6-3-12-34-20/h2-14H,1H3,(H,26,29)(H,27,30)(H,24,25,28). The minimum absolute atomic E-state index is 0.0131. The quantitative estimate of drug-likeness (QED) is 0.297. The van der Waals surface area contributed by atoms with Crippen LogP contribution in [0.3, 0.4) is 0 Å². The van der Waals surface area contributed by atoms with Crippen LogP contribution in [0.1, 0.15) is 20.1 Å². The van der Waals surface area contributed by atoms with Crippen molar-refractivity contribution in [3.8, 4) is 0 Å². The number of aryl methyl sites for hydroxylation is 1. The first-order valence-electron chi connectivity index (χ1n) is 10.1. The maximum absolute atomic E-state index is 13.1. The molecule has 0 bridgehead atoms. The van der Waals surface area contributed by atoms with Gasteiger partial charge in [-0.15, -0.1) is 22.7 Å². The molecule has 0 spiro atoms. The van der Waals surface area contributed by atoms with E-state index in [2.05, 4.69) is 25.3 Å². The van der Waals surface area contributed by atoms with Crippen LogP contribution in [-0.2, 0) is 14.8 Å². The van der Waals surface area contributed by atoms with Crippen LogP contribution in [0, 0.1) is 6.92 Å². The lowest BCUT2D eigenvalue weighted by Crippen LogP contribution is -2.30. The first kappa shape index (κ1) is 24.3. The molecule has 3 N–H and O–H groups in total. The van der Waals surface area contributed by atoms with Gasteiger partial charge >= 0.3 is 0 Å². The van der Waals surface area contributed by atoms with Gasteiger partial charge < -0.3 is 10.6 Å². The second-order valence-corrected chi connectivity index (χ2v) is 10.7. The molecule has 4 rings (SSSR count). The highest BCUT2D eigenvalue weighted by Gasteiger charge is 2.19.